The zero-order valence-corrected chi connectivity index (χ0v) is 16.1. The monoisotopic (exact) mass is 400 g/mol. The van der Waals surface area contributed by atoms with Crippen LogP contribution < -0.4 is 0 Å². The van der Waals surface area contributed by atoms with Gasteiger partial charge in [-0.2, -0.15) is 23.7 Å². The number of pyridine rings is 2. The molecule has 0 N–H and O–H groups in total. The van der Waals surface area contributed by atoms with Crippen molar-refractivity contribution in [2.75, 3.05) is 0 Å². The van der Waals surface area contributed by atoms with Crippen LogP contribution in [0.5, 0.6) is 0 Å². The van der Waals surface area contributed by atoms with Crippen LogP contribution >= 0.6 is 0 Å². The first kappa shape index (κ1) is 17.1. The van der Waals surface area contributed by atoms with Crippen molar-refractivity contribution in [3.05, 3.63) is 72.2 Å². The van der Waals surface area contributed by atoms with E-state index in [0.29, 0.717) is 5.56 Å². The minimum Gasteiger partial charge on any atom is -0.293 e. The number of benzene rings is 1. The molecule has 0 saturated heterocycles. The van der Waals surface area contributed by atoms with Crippen molar-refractivity contribution in [1.29, 1.82) is 0 Å². The molecule has 0 saturated carbocycles. The number of halogens is 2. The lowest BCUT2D eigenvalue weighted by molar-refractivity contribution is 0.457. The van der Waals surface area contributed by atoms with E-state index in [4.69, 9.17) is 0 Å². The third kappa shape index (κ3) is 2.13. The summed E-state index contributed by atoms with van der Waals surface area (Å²) in [5.41, 5.74) is 4.37. The van der Waals surface area contributed by atoms with Crippen LogP contribution in [0.25, 0.3) is 39.0 Å². The fraction of sp³-hybridized carbons (Fsp3) is 0.136. The van der Waals surface area contributed by atoms with Crippen molar-refractivity contribution in [2.24, 2.45) is 0 Å². The summed E-state index contributed by atoms with van der Waals surface area (Å²) in [5.74, 6) is 0.812. The fourth-order valence-corrected chi connectivity index (χ4v) is 4.44. The molecule has 0 bridgehead atoms. The lowest BCUT2D eigenvalue weighted by Crippen LogP contribution is -2.27. The number of hydrogen-bond donors (Lipinski definition) is 0. The van der Waals surface area contributed by atoms with Crippen molar-refractivity contribution in [3.8, 4) is 17.2 Å². The van der Waals surface area contributed by atoms with Gasteiger partial charge in [0.25, 0.3) is 0 Å². The van der Waals surface area contributed by atoms with Crippen LogP contribution in [0.15, 0.2) is 48.9 Å². The molecule has 8 heteroatoms. The normalized spacial score (nSPS) is 14.3. The summed E-state index contributed by atoms with van der Waals surface area (Å²) in [6.07, 6.45) is 3.18. The van der Waals surface area contributed by atoms with Gasteiger partial charge in [-0.15, -0.1) is 0 Å². The SMILES string of the molecule is CC1(C)c2cccnc2-n2c3ccc(-c4nc(F)nc(F)n4)cc3c3cncc1c32. The van der Waals surface area contributed by atoms with Crippen LogP contribution in [-0.4, -0.2) is 29.5 Å². The minimum atomic E-state index is -1.15. The van der Waals surface area contributed by atoms with Gasteiger partial charge in [0.15, 0.2) is 5.82 Å². The van der Waals surface area contributed by atoms with E-state index in [1.807, 2.05) is 24.4 Å². The molecule has 1 aromatic carbocycles. The van der Waals surface area contributed by atoms with Gasteiger partial charge >= 0.3 is 12.2 Å². The molecule has 146 valence electrons. The molecule has 5 aromatic rings. The fourth-order valence-electron chi connectivity index (χ4n) is 4.44. The van der Waals surface area contributed by atoms with Gasteiger partial charge in [-0.3, -0.25) is 9.55 Å². The maximum atomic E-state index is 13.5. The van der Waals surface area contributed by atoms with E-state index in [1.54, 1.807) is 18.5 Å². The van der Waals surface area contributed by atoms with Crippen LogP contribution in [0.2, 0.25) is 0 Å². The summed E-state index contributed by atoms with van der Waals surface area (Å²) in [6, 6.07) is 9.49. The number of rotatable bonds is 1. The maximum Gasteiger partial charge on any atom is 0.314 e. The minimum absolute atomic E-state index is 0.0550. The first-order chi connectivity index (χ1) is 14.4. The second-order valence-electron chi connectivity index (χ2n) is 7.85. The summed E-state index contributed by atoms with van der Waals surface area (Å²) >= 11 is 0. The second-order valence-corrected chi connectivity index (χ2v) is 7.85. The van der Waals surface area contributed by atoms with Crippen LogP contribution in [0, 0.1) is 12.2 Å². The van der Waals surface area contributed by atoms with E-state index in [1.165, 1.54) is 0 Å². The highest BCUT2D eigenvalue weighted by Gasteiger charge is 2.36. The number of fused-ring (bicyclic) bond motifs is 5. The van der Waals surface area contributed by atoms with Crippen molar-refractivity contribution < 1.29 is 8.78 Å². The first-order valence-electron chi connectivity index (χ1n) is 9.41. The molecule has 0 spiro atoms. The quantitative estimate of drug-likeness (QED) is 0.419. The smallest absolute Gasteiger partial charge is 0.293 e. The van der Waals surface area contributed by atoms with Crippen LogP contribution in [0.4, 0.5) is 8.78 Å². The molecule has 30 heavy (non-hydrogen) atoms. The summed E-state index contributed by atoms with van der Waals surface area (Å²) in [4.78, 5) is 19.4. The topological polar surface area (TPSA) is 69.4 Å². The zero-order chi connectivity index (χ0) is 20.6. The molecule has 5 heterocycles. The van der Waals surface area contributed by atoms with Gasteiger partial charge < -0.3 is 0 Å². The first-order valence-corrected chi connectivity index (χ1v) is 9.41. The highest BCUT2D eigenvalue weighted by molar-refractivity contribution is 6.11. The van der Waals surface area contributed by atoms with Crippen LogP contribution in [-0.2, 0) is 5.41 Å². The third-order valence-electron chi connectivity index (χ3n) is 5.85. The van der Waals surface area contributed by atoms with E-state index in [2.05, 4.69) is 49.4 Å². The standard InChI is InChI=1S/C22H14F2N6/c1-22(2)14-4-3-7-26-19(14)30-16-6-5-11(18-27-20(23)29-21(24)28-18)8-12(16)13-9-25-10-15(22)17(13)30/h3-10H,1-2H3. The second kappa shape index (κ2) is 5.63. The van der Waals surface area contributed by atoms with Crippen molar-refractivity contribution >= 4 is 21.8 Å². The molecule has 6 rings (SSSR count). The summed E-state index contributed by atoms with van der Waals surface area (Å²) in [5, 5.41) is 1.82. The number of hydrogen-bond acceptors (Lipinski definition) is 5. The van der Waals surface area contributed by atoms with Crippen LogP contribution in [0.1, 0.15) is 25.0 Å². The molecule has 4 aromatic heterocycles. The average molecular weight is 400 g/mol. The van der Waals surface area contributed by atoms with E-state index in [0.717, 1.165) is 38.8 Å². The van der Waals surface area contributed by atoms with E-state index < -0.39 is 12.2 Å². The van der Waals surface area contributed by atoms with E-state index in [-0.39, 0.29) is 11.2 Å². The van der Waals surface area contributed by atoms with Gasteiger partial charge in [0.2, 0.25) is 0 Å². The molecule has 1 aliphatic rings. The highest BCUT2D eigenvalue weighted by atomic mass is 19.1. The maximum absolute atomic E-state index is 13.5. The molecular formula is C22H14F2N6. The Morgan fingerprint density at radius 1 is 0.900 bits per heavy atom. The van der Waals surface area contributed by atoms with Gasteiger partial charge in [0.05, 0.1) is 11.0 Å². The molecule has 0 unspecified atom stereocenters. The van der Waals surface area contributed by atoms with Crippen LogP contribution in [0.3, 0.4) is 0 Å². The molecule has 6 nitrogen and oxygen atoms in total. The summed E-state index contributed by atoms with van der Waals surface area (Å²) in [6.45, 7) is 4.32. The third-order valence-corrected chi connectivity index (χ3v) is 5.85. The van der Waals surface area contributed by atoms with Gasteiger partial charge in [-0.1, -0.05) is 19.9 Å². The molecule has 0 radical (unpaired) electrons. The highest BCUT2D eigenvalue weighted by Crippen LogP contribution is 2.46. The lowest BCUT2D eigenvalue weighted by atomic mass is 9.76. The molecule has 1 aliphatic heterocycles. The lowest BCUT2D eigenvalue weighted by Gasteiger charge is -2.33. The molecule has 0 fully saturated rings. The molecule has 0 atom stereocenters. The molecular weight excluding hydrogens is 386 g/mol. The van der Waals surface area contributed by atoms with Gasteiger partial charge in [0.1, 0.15) is 5.82 Å². The van der Waals surface area contributed by atoms with E-state index in [9.17, 15) is 8.78 Å². The van der Waals surface area contributed by atoms with Gasteiger partial charge in [0, 0.05) is 51.5 Å². The predicted octanol–water partition coefficient (Wildman–Crippen LogP) is 4.34. The van der Waals surface area contributed by atoms with Crippen molar-refractivity contribution in [1.82, 2.24) is 29.5 Å². The number of aromatic nitrogens is 6. The largest absolute Gasteiger partial charge is 0.314 e. The Hall–Kier alpha value is -3.81. The summed E-state index contributed by atoms with van der Waals surface area (Å²) in [7, 11) is 0. The Morgan fingerprint density at radius 2 is 1.70 bits per heavy atom. The molecule has 0 amide bonds. The summed E-state index contributed by atoms with van der Waals surface area (Å²) < 4.78 is 29.2. The Balaban J connectivity index is 1.74. The van der Waals surface area contributed by atoms with Crippen molar-refractivity contribution in [2.45, 2.75) is 19.3 Å². The van der Waals surface area contributed by atoms with Crippen molar-refractivity contribution in [3.63, 3.8) is 0 Å². The Bertz CT molecular complexity index is 1480. The average Bonchev–Trinajstić information content (AvgIpc) is 3.06. The van der Waals surface area contributed by atoms with Gasteiger partial charge in [-0.25, -0.2) is 4.98 Å². The van der Waals surface area contributed by atoms with E-state index >= 15 is 0 Å². The Kier molecular flexibility index (Phi) is 3.20. The number of nitrogens with zero attached hydrogens (tertiary/aromatic N) is 6. The zero-order valence-electron chi connectivity index (χ0n) is 16.1. The molecule has 0 aliphatic carbocycles. The Morgan fingerprint density at radius 3 is 2.50 bits per heavy atom. The Labute approximate surface area is 169 Å². The van der Waals surface area contributed by atoms with Gasteiger partial charge in [-0.05, 0) is 24.3 Å². The predicted molar refractivity (Wildman–Crippen MR) is 107 cm³/mol.